The highest BCUT2D eigenvalue weighted by atomic mass is 32.1. The van der Waals surface area contributed by atoms with Gasteiger partial charge in [-0.1, -0.05) is 0 Å². The van der Waals surface area contributed by atoms with Gasteiger partial charge in [0, 0.05) is 31.6 Å². The molecule has 1 aliphatic heterocycles. The first kappa shape index (κ1) is 17.6. The van der Waals surface area contributed by atoms with E-state index in [1.807, 2.05) is 11.3 Å². The minimum Gasteiger partial charge on any atom is -0.379 e. The van der Waals surface area contributed by atoms with Crippen LogP contribution >= 0.6 is 22.7 Å². The van der Waals surface area contributed by atoms with Gasteiger partial charge in [0.05, 0.1) is 25.1 Å². The van der Waals surface area contributed by atoms with Gasteiger partial charge in [0.15, 0.2) is 0 Å². The minimum absolute atomic E-state index is 0.806. The van der Waals surface area contributed by atoms with Crippen molar-refractivity contribution >= 4 is 38.7 Å². The molecule has 0 radical (unpaired) electrons. The second kappa shape index (κ2) is 7.47. The standard InChI is InChI=1S/C20H24N4OS2/c1-23(11-14-5-10-26-13-14)19-18-15-3-2-4-16(15)27-20(18)22-17(21-19)12-24-6-8-25-9-7-24/h5,10,13H,2-4,6-9,11-12H2,1H3. The number of morpholine rings is 1. The summed E-state index contributed by atoms with van der Waals surface area (Å²) in [5, 5.41) is 5.67. The molecule has 0 unspecified atom stereocenters. The Morgan fingerprint density at radius 1 is 1.22 bits per heavy atom. The molecule has 5 nitrogen and oxygen atoms in total. The number of thiophene rings is 2. The summed E-state index contributed by atoms with van der Waals surface area (Å²) >= 11 is 3.64. The van der Waals surface area contributed by atoms with Gasteiger partial charge in [0.25, 0.3) is 0 Å². The van der Waals surface area contributed by atoms with Crippen molar-refractivity contribution in [2.75, 3.05) is 38.3 Å². The van der Waals surface area contributed by atoms with E-state index in [4.69, 9.17) is 14.7 Å². The van der Waals surface area contributed by atoms with Crippen LogP contribution in [-0.4, -0.2) is 48.2 Å². The predicted molar refractivity (Wildman–Crippen MR) is 112 cm³/mol. The molecule has 2 aliphatic rings. The van der Waals surface area contributed by atoms with Crippen molar-refractivity contribution in [1.82, 2.24) is 14.9 Å². The molecular weight excluding hydrogens is 376 g/mol. The predicted octanol–water partition coefficient (Wildman–Crippen LogP) is 3.71. The summed E-state index contributed by atoms with van der Waals surface area (Å²) in [6.07, 6.45) is 3.63. The smallest absolute Gasteiger partial charge is 0.146 e. The number of ether oxygens (including phenoxy) is 1. The first-order valence-corrected chi connectivity index (χ1v) is 11.4. The van der Waals surface area contributed by atoms with E-state index in [9.17, 15) is 0 Å². The number of aryl methyl sites for hydroxylation is 2. The van der Waals surface area contributed by atoms with Crippen molar-refractivity contribution in [2.24, 2.45) is 0 Å². The van der Waals surface area contributed by atoms with E-state index in [1.165, 1.54) is 45.5 Å². The number of hydrogen-bond acceptors (Lipinski definition) is 7. The van der Waals surface area contributed by atoms with Gasteiger partial charge in [0.1, 0.15) is 16.5 Å². The van der Waals surface area contributed by atoms with Gasteiger partial charge >= 0.3 is 0 Å². The maximum absolute atomic E-state index is 5.48. The molecule has 4 heterocycles. The quantitative estimate of drug-likeness (QED) is 0.653. The van der Waals surface area contributed by atoms with Gasteiger partial charge in [-0.05, 0) is 47.2 Å². The SMILES string of the molecule is CN(Cc1ccsc1)c1nc(CN2CCOCC2)nc2sc3c(c12)CCC3. The molecule has 0 spiro atoms. The molecule has 0 atom stereocenters. The molecule has 3 aromatic heterocycles. The van der Waals surface area contributed by atoms with Gasteiger partial charge < -0.3 is 9.64 Å². The summed E-state index contributed by atoms with van der Waals surface area (Å²) in [6, 6.07) is 2.20. The summed E-state index contributed by atoms with van der Waals surface area (Å²) in [5.41, 5.74) is 2.84. The maximum atomic E-state index is 5.48. The Balaban J connectivity index is 1.53. The van der Waals surface area contributed by atoms with Crippen molar-refractivity contribution in [3.05, 3.63) is 38.7 Å². The Bertz CT molecular complexity index is 931. The van der Waals surface area contributed by atoms with Crippen LogP contribution in [0.5, 0.6) is 0 Å². The van der Waals surface area contributed by atoms with E-state index in [0.717, 1.165) is 51.0 Å². The van der Waals surface area contributed by atoms with E-state index >= 15 is 0 Å². The van der Waals surface area contributed by atoms with Crippen LogP contribution < -0.4 is 4.90 Å². The van der Waals surface area contributed by atoms with E-state index in [2.05, 4.69) is 33.7 Å². The molecule has 142 valence electrons. The van der Waals surface area contributed by atoms with Gasteiger partial charge in [0.2, 0.25) is 0 Å². The lowest BCUT2D eigenvalue weighted by molar-refractivity contribution is 0.0331. The fourth-order valence-electron chi connectivity index (χ4n) is 4.06. The number of fused-ring (bicyclic) bond motifs is 3. The Morgan fingerprint density at radius 2 is 2.11 bits per heavy atom. The molecule has 0 saturated carbocycles. The zero-order valence-corrected chi connectivity index (χ0v) is 17.2. The third-order valence-corrected chi connectivity index (χ3v) is 7.34. The largest absolute Gasteiger partial charge is 0.379 e. The van der Waals surface area contributed by atoms with Crippen LogP contribution in [0.1, 0.15) is 28.2 Å². The van der Waals surface area contributed by atoms with Crippen molar-refractivity contribution in [1.29, 1.82) is 0 Å². The van der Waals surface area contributed by atoms with Crippen LogP contribution in [0.15, 0.2) is 16.8 Å². The lowest BCUT2D eigenvalue weighted by Crippen LogP contribution is -2.36. The maximum Gasteiger partial charge on any atom is 0.146 e. The van der Waals surface area contributed by atoms with Gasteiger partial charge in [-0.25, -0.2) is 9.97 Å². The Hall–Kier alpha value is -1.54. The van der Waals surface area contributed by atoms with Crippen molar-refractivity contribution in [3.8, 4) is 0 Å². The lowest BCUT2D eigenvalue weighted by atomic mass is 10.1. The highest BCUT2D eigenvalue weighted by Crippen LogP contribution is 2.40. The van der Waals surface area contributed by atoms with E-state index in [1.54, 1.807) is 11.3 Å². The molecule has 7 heteroatoms. The number of anilines is 1. The molecule has 27 heavy (non-hydrogen) atoms. The molecule has 1 saturated heterocycles. The molecule has 1 aliphatic carbocycles. The van der Waals surface area contributed by atoms with Crippen LogP contribution in [0.2, 0.25) is 0 Å². The molecule has 3 aromatic rings. The van der Waals surface area contributed by atoms with Gasteiger partial charge in [-0.2, -0.15) is 11.3 Å². The highest BCUT2D eigenvalue weighted by molar-refractivity contribution is 7.19. The van der Waals surface area contributed by atoms with Crippen LogP contribution in [0.25, 0.3) is 10.2 Å². The normalized spacial score (nSPS) is 17.5. The van der Waals surface area contributed by atoms with Gasteiger partial charge in [-0.3, -0.25) is 4.90 Å². The van der Waals surface area contributed by atoms with E-state index < -0.39 is 0 Å². The molecule has 0 amide bonds. The summed E-state index contributed by atoms with van der Waals surface area (Å²) in [5.74, 6) is 2.05. The van der Waals surface area contributed by atoms with Crippen LogP contribution in [0, 0.1) is 0 Å². The number of nitrogens with zero attached hydrogens (tertiary/aromatic N) is 4. The first-order valence-electron chi connectivity index (χ1n) is 9.61. The average Bonchev–Trinajstić information content (AvgIpc) is 3.39. The molecular formula is C20H24N4OS2. The molecule has 0 N–H and O–H groups in total. The second-order valence-corrected chi connectivity index (χ2v) is 9.24. The molecule has 0 aromatic carbocycles. The van der Waals surface area contributed by atoms with Gasteiger partial charge in [-0.15, -0.1) is 11.3 Å². The van der Waals surface area contributed by atoms with E-state index in [0.29, 0.717) is 0 Å². The Labute approximate surface area is 167 Å². The fraction of sp³-hybridized carbons (Fsp3) is 0.500. The summed E-state index contributed by atoms with van der Waals surface area (Å²) in [7, 11) is 2.16. The highest BCUT2D eigenvalue weighted by Gasteiger charge is 2.24. The van der Waals surface area contributed by atoms with Crippen LogP contribution in [-0.2, 0) is 30.7 Å². The lowest BCUT2D eigenvalue weighted by Gasteiger charge is -2.26. The zero-order chi connectivity index (χ0) is 18.2. The summed E-state index contributed by atoms with van der Waals surface area (Å²) < 4.78 is 5.48. The molecule has 0 bridgehead atoms. The number of hydrogen-bond donors (Lipinski definition) is 0. The third-order valence-electron chi connectivity index (χ3n) is 5.42. The Kier molecular flexibility index (Phi) is 4.85. The first-order chi connectivity index (χ1) is 13.3. The third kappa shape index (κ3) is 3.49. The van der Waals surface area contributed by atoms with Crippen molar-refractivity contribution < 1.29 is 4.74 Å². The molecule has 1 fully saturated rings. The zero-order valence-electron chi connectivity index (χ0n) is 15.6. The van der Waals surface area contributed by atoms with Crippen LogP contribution in [0.3, 0.4) is 0 Å². The summed E-state index contributed by atoms with van der Waals surface area (Å²) in [6.45, 7) is 5.23. The molecule has 5 rings (SSSR count). The van der Waals surface area contributed by atoms with Crippen molar-refractivity contribution in [3.63, 3.8) is 0 Å². The number of aromatic nitrogens is 2. The summed E-state index contributed by atoms with van der Waals surface area (Å²) in [4.78, 5) is 17.4. The van der Waals surface area contributed by atoms with E-state index in [-0.39, 0.29) is 0 Å². The Morgan fingerprint density at radius 3 is 2.93 bits per heavy atom. The fourth-order valence-corrected chi connectivity index (χ4v) is 5.99. The monoisotopic (exact) mass is 400 g/mol. The topological polar surface area (TPSA) is 41.5 Å². The minimum atomic E-state index is 0.806. The van der Waals surface area contributed by atoms with Crippen LogP contribution in [0.4, 0.5) is 5.82 Å². The number of rotatable bonds is 5. The second-order valence-electron chi connectivity index (χ2n) is 7.38. The average molecular weight is 401 g/mol. The van der Waals surface area contributed by atoms with Crippen molar-refractivity contribution in [2.45, 2.75) is 32.4 Å².